The number of hydrogen-bond donors (Lipinski definition) is 1. The summed E-state index contributed by atoms with van der Waals surface area (Å²) in [5, 5.41) is 4.07. The fraction of sp³-hybridized carbons (Fsp3) is 0.400. The van der Waals surface area contributed by atoms with Gasteiger partial charge in [0, 0.05) is 42.2 Å². The Bertz CT molecular complexity index is 1120. The molecule has 1 fully saturated rings. The molecule has 31 heavy (non-hydrogen) atoms. The van der Waals surface area contributed by atoms with Crippen molar-refractivity contribution < 1.29 is 22.7 Å². The lowest BCUT2D eigenvalue weighted by Crippen LogP contribution is -2.31. The molecule has 3 aromatic rings. The standard InChI is InChI=1S/C20H20F3N5O2S/c1-3-16(29)28-5-4-12(9-28)27-17-13-7-15(31-19(13)26-10-25-17)11-6-14(20(21,22)23)18(30-2)24-8-11/h6-8,10,12H,3-5,9H2,1-2H3,(H,25,26,27)/t12-/m0/s1. The third kappa shape index (κ3) is 4.27. The number of aromatic nitrogens is 3. The number of rotatable bonds is 5. The molecule has 0 radical (unpaired) electrons. The van der Waals surface area contributed by atoms with Crippen molar-refractivity contribution in [1.82, 2.24) is 19.9 Å². The number of amides is 1. The predicted molar refractivity (Wildman–Crippen MR) is 111 cm³/mol. The summed E-state index contributed by atoms with van der Waals surface area (Å²) in [5.41, 5.74) is -0.608. The van der Waals surface area contributed by atoms with Crippen molar-refractivity contribution in [3.8, 4) is 16.3 Å². The van der Waals surface area contributed by atoms with Gasteiger partial charge >= 0.3 is 6.18 Å². The van der Waals surface area contributed by atoms with E-state index >= 15 is 0 Å². The van der Waals surface area contributed by atoms with E-state index in [1.54, 1.807) is 6.07 Å². The summed E-state index contributed by atoms with van der Waals surface area (Å²) < 4.78 is 44.9. The number of methoxy groups -OCH3 is 1. The molecule has 0 spiro atoms. The lowest BCUT2D eigenvalue weighted by Gasteiger charge is -2.16. The van der Waals surface area contributed by atoms with E-state index in [4.69, 9.17) is 4.74 Å². The fourth-order valence-corrected chi connectivity index (χ4v) is 4.57. The highest BCUT2D eigenvalue weighted by molar-refractivity contribution is 7.21. The van der Waals surface area contributed by atoms with Crippen molar-refractivity contribution >= 4 is 33.3 Å². The molecule has 164 valence electrons. The van der Waals surface area contributed by atoms with Gasteiger partial charge in [-0.1, -0.05) is 6.92 Å². The molecule has 1 atom stereocenters. The number of likely N-dealkylation sites (tertiary alicyclic amines) is 1. The van der Waals surface area contributed by atoms with Gasteiger partial charge in [-0.25, -0.2) is 15.0 Å². The molecule has 4 rings (SSSR count). The Morgan fingerprint density at radius 3 is 2.84 bits per heavy atom. The molecule has 0 unspecified atom stereocenters. The number of pyridine rings is 1. The summed E-state index contributed by atoms with van der Waals surface area (Å²) in [5.74, 6) is 0.246. The van der Waals surface area contributed by atoms with E-state index in [-0.39, 0.29) is 11.9 Å². The van der Waals surface area contributed by atoms with E-state index in [1.165, 1.54) is 23.9 Å². The fourth-order valence-electron chi connectivity index (χ4n) is 3.59. The van der Waals surface area contributed by atoms with E-state index in [2.05, 4.69) is 20.3 Å². The number of carbonyl (C=O) groups excluding carboxylic acids is 1. The summed E-state index contributed by atoms with van der Waals surface area (Å²) in [6.45, 7) is 3.11. The zero-order valence-corrected chi connectivity index (χ0v) is 17.7. The van der Waals surface area contributed by atoms with Gasteiger partial charge in [-0.15, -0.1) is 11.3 Å². The number of fused-ring (bicyclic) bond motifs is 1. The maximum absolute atomic E-state index is 13.4. The topological polar surface area (TPSA) is 80.2 Å². The van der Waals surface area contributed by atoms with Gasteiger partial charge < -0.3 is 15.0 Å². The van der Waals surface area contributed by atoms with E-state index in [9.17, 15) is 18.0 Å². The number of nitrogens with one attached hydrogen (secondary N) is 1. The van der Waals surface area contributed by atoms with Crippen molar-refractivity contribution in [3.63, 3.8) is 0 Å². The van der Waals surface area contributed by atoms with E-state index < -0.39 is 17.6 Å². The van der Waals surface area contributed by atoms with E-state index in [1.807, 2.05) is 11.8 Å². The molecule has 4 heterocycles. The largest absolute Gasteiger partial charge is 0.481 e. The number of carbonyl (C=O) groups is 1. The van der Waals surface area contributed by atoms with Crippen LogP contribution in [-0.2, 0) is 11.0 Å². The Morgan fingerprint density at radius 1 is 1.32 bits per heavy atom. The Balaban J connectivity index is 1.64. The smallest absolute Gasteiger partial charge is 0.421 e. The molecule has 1 aliphatic rings. The molecular formula is C20H20F3N5O2S. The van der Waals surface area contributed by atoms with Crippen molar-refractivity contribution in [2.24, 2.45) is 0 Å². The minimum Gasteiger partial charge on any atom is -0.481 e. The van der Waals surface area contributed by atoms with Crippen LogP contribution in [0.15, 0.2) is 24.7 Å². The molecule has 3 aromatic heterocycles. The molecule has 0 bridgehead atoms. The normalized spacial score (nSPS) is 16.7. The maximum Gasteiger partial charge on any atom is 0.421 e. The Morgan fingerprint density at radius 2 is 2.13 bits per heavy atom. The third-order valence-electron chi connectivity index (χ3n) is 5.15. The monoisotopic (exact) mass is 451 g/mol. The second-order valence-electron chi connectivity index (χ2n) is 7.15. The Hall–Kier alpha value is -2.95. The summed E-state index contributed by atoms with van der Waals surface area (Å²) in [6.07, 6.45) is -0.547. The van der Waals surface area contributed by atoms with Crippen LogP contribution in [0.1, 0.15) is 25.3 Å². The second-order valence-corrected chi connectivity index (χ2v) is 8.18. The Kier molecular flexibility index (Phi) is 5.69. The van der Waals surface area contributed by atoms with Gasteiger partial charge in [-0.3, -0.25) is 4.79 Å². The molecule has 1 N–H and O–H groups in total. The van der Waals surface area contributed by atoms with Gasteiger partial charge in [0.2, 0.25) is 11.8 Å². The van der Waals surface area contributed by atoms with Crippen LogP contribution >= 0.6 is 11.3 Å². The highest BCUT2D eigenvalue weighted by Crippen LogP contribution is 2.40. The number of nitrogens with zero attached hydrogens (tertiary/aromatic N) is 4. The van der Waals surface area contributed by atoms with Gasteiger partial charge in [-0.2, -0.15) is 13.2 Å². The number of ether oxygens (including phenoxy) is 1. The average Bonchev–Trinajstić information content (AvgIpc) is 3.40. The molecular weight excluding hydrogens is 431 g/mol. The summed E-state index contributed by atoms with van der Waals surface area (Å²) >= 11 is 1.26. The molecule has 0 saturated carbocycles. The molecule has 1 aliphatic heterocycles. The molecule has 0 aromatic carbocycles. The van der Waals surface area contributed by atoms with Crippen molar-refractivity contribution in [2.45, 2.75) is 32.0 Å². The van der Waals surface area contributed by atoms with Gasteiger partial charge in [0.15, 0.2) is 0 Å². The highest BCUT2D eigenvalue weighted by Gasteiger charge is 2.36. The second kappa shape index (κ2) is 8.29. The summed E-state index contributed by atoms with van der Waals surface area (Å²) in [7, 11) is 1.16. The summed E-state index contributed by atoms with van der Waals surface area (Å²) in [6, 6.07) is 2.84. The number of hydrogen-bond acceptors (Lipinski definition) is 7. The first-order valence-electron chi connectivity index (χ1n) is 9.70. The quantitative estimate of drug-likeness (QED) is 0.626. The first-order chi connectivity index (χ1) is 14.8. The Labute approximate surface area is 180 Å². The van der Waals surface area contributed by atoms with Crippen molar-refractivity contribution in [1.29, 1.82) is 0 Å². The molecule has 0 aliphatic carbocycles. The highest BCUT2D eigenvalue weighted by atomic mass is 32.1. The van der Waals surface area contributed by atoms with Crippen LogP contribution in [0.5, 0.6) is 5.88 Å². The van der Waals surface area contributed by atoms with Gasteiger partial charge in [0.1, 0.15) is 22.5 Å². The van der Waals surface area contributed by atoms with E-state index in [0.717, 1.165) is 19.6 Å². The third-order valence-corrected chi connectivity index (χ3v) is 6.24. The van der Waals surface area contributed by atoms with Crippen LogP contribution in [-0.4, -0.2) is 52.0 Å². The van der Waals surface area contributed by atoms with Gasteiger partial charge in [0.05, 0.1) is 12.5 Å². The SMILES string of the molecule is CCC(=O)N1CC[C@H](Nc2ncnc3sc(-c4cnc(OC)c(C(F)(F)F)c4)cc23)C1. The molecule has 1 saturated heterocycles. The predicted octanol–water partition coefficient (Wildman–Crippen LogP) is 4.20. The number of anilines is 1. The van der Waals surface area contributed by atoms with Crippen LogP contribution < -0.4 is 10.1 Å². The zero-order valence-electron chi connectivity index (χ0n) is 16.9. The minimum absolute atomic E-state index is 0.0523. The van der Waals surface area contributed by atoms with Crippen LogP contribution in [0.4, 0.5) is 19.0 Å². The van der Waals surface area contributed by atoms with Gasteiger partial charge in [-0.05, 0) is 18.6 Å². The first kappa shape index (κ1) is 21.3. The van der Waals surface area contributed by atoms with Crippen LogP contribution in [0.25, 0.3) is 20.7 Å². The molecule has 1 amide bonds. The lowest BCUT2D eigenvalue weighted by atomic mass is 10.1. The van der Waals surface area contributed by atoms with Crippen molar-refractivity contribution in [3.05, 3.63) is 30.2 Å². The number of halogens is 3. The van der Waals surface area contributed by atoms with E-state index in [0.29, 0.717) is 46.0 Å². The zero-order chi connectivity index (χ0) is 22.2. The van der Waals surface area contributed by atoms with Crippen LogP contribution in [0.3, 0.4) is 0 Å². The van der Waals surface area contributed by atoms with Crippen LogP contribution in [0.2, 0.25) is 0 Å². The van der Waals surface area contributed by atoms with Gasteiger partial charge in [0.25, 0.3) is 0 Å². The van der Waals surface area contributed by atoms with Crippen molar-refractivity contribution in [2.75, 3.05) is 25.5 Å². The molecule has 11 heteroatoms. The lowest BCUT2D eigenvalue weighted by molar-refractivity contribution is -0.139. The average molecular weight is 451 g/mol. The number of thiophene rings is 1. The summed E-state index contributed by atoms with van der Waals surface area (Å²) in [4.78, 5) is 27.4. The first-order valence-corrected chi connectivity index (χ1v) is 10.5. The van der Waals surface area contributed by atoms with Crippen LogP contribution in [0, 0.1) is 0 Å². The maximum atomic E-state index is 13.4. The molecule has 7 nitrogen and oxygen atoms in total. The number of alkyl halides is 3. The minimum atomic E-state index is -4.58.